The minimum atomic E-state index is -0.252. The van der Waals surface area contributed by atoms with E-state index in [1.54, 1.807) is 13.1 Å². The van der Waals surface area contributed by atoms with Gasteiger partial charge in [0, 0.05) is 24.4 Å². The van der Waals surface area contributed by atoms with E-state index < -0.39 is 0 Å². The van der Waals surface area contributed by atoms with Crippen molar-refractivity contribution in [2.24, 2.45) is 0 Å². The highest BCUT2D eigenvalue weighted by Gasteiger charge is 2.12. The van der Waals surface area contributed by atoms with Gasteiger partial charge in [0.15, 0.2) is 0 Å². The fourth-order valence-corrected chi connectivity index (χ4v) is 2.55. The van der Waals surface area contributed by atoms with Crippen LogP contribution < -0.4 is 10.1 Å². The van der Waals surface area contributed by atoms with Gasteiger partial charge in [-0.15, -0.1) is 0 Å². The summed E-state index contributed by atoms with van der Waals surface area (Å²) in [6.07, 6.45) is 3.15. The third-order valence-corrected chi connectivity index (χ3v) is 4.05. The Morgan fingerprint density at radius 3 is 2.63 bits per heavy atom. The maximum atomic E-state index is 12.3. The van der Waals surface area contributed by atoms with Gasteiger partial charge in [0.05, 0.1) is 13.2 Å². The Balaban J connectivity index is 1.97. The maximum Gasteiger partial charge on any atom is 0.246 e. The van der Waals surface area contributed by atoms with Gasteiger partial charge in [0.1, 0.15) is 5.75 Å². The molecule has 0 heterocycles. The number of amides is 2. The highest BCUT2D eigenvalue weighted by molar-refractivity contribution is 5.98. The Bertz CT molecular complexity index is 843. The van der Waals surface area contributed by atoms with Gasteiger partial charge in [-0.05, 0) is 50.1 Å². The van der Waals surface area contributed by atoms with Crippen LogP contribution in [0.5, 0.6) is 5.75 Å². The third-order valence-electron chi connectivity index (χ3n) is 4.05. The summed E-state index contributed by atoms with van der Waals surface area (Å²) in [5.41, 5.74) is 3.63. The largest absolute Gasteiger partial charge is 0.493 e. The van der Waals surface area contributed by atoms with Crippen molar-refractivity contribution in [1.29, 1.82) is 0 Å². The van der Waals surface area contributed by atoms with E-state index in [0.717, 1.165) is 28.1 Å². The first-order valence-electron chi connectivity index (χ1n) is 8.92. The molecule has 5 nitrogen and oxygen atoms in total. The molecular weight excluding hydrogens is 340 g/mol. The van der Waals surface area contributed by atoms with Crippen molar-refractivity contribution in [1.82, 2.24) is 4.90 Å². The number of hydrogen-bond donors (Lipinski definition) is 1. The highest BCUT2D eigenvalue weighted by Crippen LogP contribution is 2.19. The zero-order valence-corrected chi connectivity index (χ0v) is 16.3. The number of likely N-dealkylation sites (N-methyl/N-ethyl adjacent to an activating group) is 1. The Morgan fingerprint density at radius 2 is 1.89 bits per heavy atom. The van der Waals surface area contributed by atoms with E-state index in [9.17, 15) is 9.59 Å². The first-order chi connectivity index (χ1) is 12.9. The van der Waals surface area contributed by atoms with E-state index in [1.807, 2.05) is 63.2 Å². The van der Waals surface area contributed by atoms with Gasteiger partial charge in [-0.25, -0.2) is 0 Å². The van der Waals surface area contributed by atoms with Gasteiger partial charge in [0.25, 0.3) is 0 Å². The second kappa shape index (κ2) is 9.57. The Kier molecular flexibility index (Phi) is 7.17. The Morgan fingerprint density at radius 1 is 1.15 bits per heavy atom. The maximum absolute atomic E-state index is 12.3. The predicted octanol–water partition coefficient (Wildman–Crippen LogP) is 3.81. The van der Waals surface area contributed by atoms with Crippen LogP contribution in [0.25, 0.3) is 6.08 Å². The normalized spacial score (nSPS) is 10.7. The van der Waals surface area contributed by atoms with Crippen LogP contribution in [0.1, 0.15) is 23.6 Å². The summed E-state index contributed by atoms with van der Waals surface area (Å²) in [6.45, 7) is 6.34. The lowest BCUT2D eigenvalue weighted by molar-refractivity contribution is -0.129. The summed E-state index contributed by atoms with van der Waals surface area (Å²) in [5, 5.41) is 2.86. The van der Waals surface area contributed by atoms with Gasteiger partial charge < -0.3 is 15.0 Å². The predicted molar refractivity (Wildman–Crippen MR) is 109 cm³/mol. The zero-order valence-electron chi connectivity index (χ0n) is 16.3. The number of carbonyl (C=O) groups excluding carboxylic acids is 2. The van der Waals surface area contributed by atoms with Crippen molar-refractivity contribution in [2.45, 2.75) is 20.8 Å². The number of nitrogens with zero attached hydrogens (tertiary/aromatic N) is 1. The van der Waals surface area contributed by atoms with Crippen LogP contribution in [0.3, 0.4) is 0 Å². The van der Waals surface area contributed by atoms with Crippen LogP contribution in [0.2, 0.25) is 0 Å². The lowest BCUT2D eigenvalue weighted by Crippen LogP contribution is -2.34. The number of rotatable bonds is 7. The Hall–Kier alpha value is -3.08. The number of para-hydroxylation sites is 1. The third kappa shape index (κ3) is 5.99. The SMILES string of the molecule is CCOc1ccccc1/C=C/C(=O)N(C)CC(=O)Nc1cc(C)ccc1C. The minimum Gasteiger partial charge on any atom is -0.493 e. The lowest BCUT2D eigenvalue weighted by atomic mass is 10.1. The van der Waals surface area contributed by atoms with Gasteiger partial charge in [0.2, 0.25) is 11.8 Å². The number of benzene rings is 2. The molecule has 0 spiro atoms. The molecule has 2 aromatic carbocycles. The molecule has 0 unspecified atom stereocenters. The van der Waals surface area contributed by atoms with E-state index in [2.05, 4.69) is 5.32 Å². The molecule has 0 aliphatic rings. The molecule has 0 aromatic heterocycles. The first kappa shape index (κ1) is 20.2. The van der Waals surface area contributed by atoms with Crippen LogP contribution in [0, 0.1) is 13.8 Å². The number of nitrogens with one attached hydrogen (secondary N) is 1. The van der Waals surface area contributed by atoms with Crippen LogP contribution in [-0.2, 0) is 9.59 Å². The molecule has 2 amide bonds. The molecule has 1 N–H and O–H groups in total. The van der Waals surface area contributed by atoms with E-state index in [-0.39, 0.29) is 18.4 Å². The summed E-state index contributed by atoms with van der Waals surface area (Å²) < 4.78 is 5.54. The molecule has 0 aliphatic carbocycles. The summed E-state index contributed by atoms with van der Waals surface area (Å²) in [4.78, 5) is 25.9. The summed E-state index contributed by atoms with van der Waals surface area (Å²) >= 11 is 0. The second-order valence-electron chi connectivity index (χ2n) is 6.37. The molecular formula is C22H26N2O3. The minimum absolute atomic E-state index is 0.0241. The van der Waals surface area contributed by atoms with Gasteiger partial charge in [-0.2, -0.15) is 0 Å². The smallest absolute Gasteiger partial charge is 0.246 e. The monoisotopic (exact) mass is 366 g/mol. The number of ether oxygens (including phenoxy) is 1. The molecule has 0 saturated heterocycles. The molecule has 2 rings (SSSR count). The molecule has 0 fully saturated rings. The number of hydrogen-bond acceptors (Lipinski definition) is 3. The standard InChI is InChI=1S/C22H26N2O3/c1-5-27-20-9-7-6-8-18(20)12-13-22(26)24(4)15-21(25)23-19-14-16(2)10-11-17(19)3/h6-14H,5,15H2,1-4H3,(H,23,25)/b13-12+. The average molecular weight is 366 g/mol. The zero-order chi connectivity index (χ0) is 19.8. The van der Waals surface area contributed by atoms with E-state index >= 15 is 0 Å². The van der Waals surface area contributed by atoms with Gasteiger partial charge in [-0.1, -0.05) is 30.3 Å². The summed E-state index contributed by atoms with van der Waals surface area (Å²) in [7, 11) is 1.60. The summed E-state index contributed by atoms with van der Waals surface area (Å²) in [5.74, 6) is 0.236. The van der Waals surface area contributed by atoms with Crippen molar-refractivity contribution in [3.8, 4) is 5.75 Å². The van der Waals surface area contributed by atoms with Crippen molar-refractivity contribution in [2.75, 3.05) is 25.5 Å². The molecule has 5 heteroatoms. The molecule has 0 aliphatic heterocycles. The van der Waals surface area contributed by atoms with Gasteiger partial charge in [-0.3, -0.25) is 9.59 Å². The second-order valence-corrected chi connectivity index (χ2v) is 6.37. The van der Waals surface area contributed by atoms with Crippen LogP contribution in [-0.4, -0.2) is 36.9 Å². The van der Waals surface area contributed by atoms with Crippen molar-refractivity contribution in [3.05, 3.63) is 65.2 Å². The molecule has 0 bridgehead atoms. The molecule has 27 heavy (non-hydrogen) atoms. The number of carbonyl (C=O) groups is 2. The van der Waals surface area contributed by atoms with Crippen LogP contribution in [0.15, 0.2) is 48.5 Å². The quantitative estimate of drug-likeness (QED) is 0.758. The van der Waals surface area contributed by atoms with Crippen LogP contribution >= 0.6 is 0 Å². The van der Waals surface area contributed by atoms with E-state index in [0.29, 0.717) is 6.61 Å². The van der Waals surface area contributed by atoms with Crippen molar-refractivity contribution >= 4 is 23.6 Å². The fraction of sp³-hybridized carbons (Fsp3) is 0.273. The number of anilines is 1. The van der Waals surface area contributed by atoms with Gasteiger partial charge >= 0.3 is 0 Å². The lowest BCUT2D eigenvalue weighted by Gasteiger charge is -2.16. The van der Waals surface area contributed by atoms with E-state index in [1.165, 1.54) is 11.0 Å². The topological polar surface area (TPSA) is 58.6 Å². The summed E-state index contributed by atoms with van der Waals surface area (Å²) in [6, 6.07) is 13.4. The molecule has 2 aromatic rings. The first-order valence-corrected chi connectivity index (χ1v) is 8.92. The van der Waals surface area contributed by atoms with Crippen LogP contribution in [0.4, 0.5) is 5.69 Å². The molecule has 0 saturated carbocycles. The molecule has 0 radical (unpaired) electrons. The molecule has 0 atom stereocenters. The Labute approximate surface area is 160 Å². The van der Waals surface area contributed by atoms with Crippen molar-refractivity contribution < 1.29 is 14.3 Å². The number of aryl methyl sites for hydroxylation is 2. The average Bonchev–Trinajstić information content (AvgIpc) is 2.64. The van der Waals surface area contributed by atoms with Crippen molar-refractivity contribution in [3.63, 3.8) is 0 Å². The van der Waals surface area contributed by atoms with E-state index in [4.69, 9.17) is 4.74 Å². The fourth-order valence-electron chi connectivity index (χ4n) is 2.55. The highest BCUT2D eigenvalue weighted by atomic mass is 16.5. The molecule has 142 valence electrons.